The molecule has 0 bridgehead atoms. The van der Waals surface area contributed by atoms with Gasteiger partial charge in [0.1, 0.15) is 5.76 Å². The van der Waals surface area contributed by atoms with Crippen molar-refractivity contribution in [3.05, 3.63) is 23.1 Å². The first-order valence-electron chi connectivity index (χ1n) is 6.25. The summed E-state index contributed by atoms with van der Waals surface area (Å²) in [6.45, 7) is 4.42. The van der Waals surface area contributed by atoms with Crippen molar-refractivity contribution in [2.45, 2.75) is 19.4 Å². The summed E-state index contributed by atoms with van der Waals surface area (Å²) in [5.74, 6) is 1.73. The minimum Gasteiger partial charge on any atom is -0.448 e. The number of likely N-dealkylation sites (tertiary alicyclic amines) is 1. The van der Waals surface area contributed by atoms with Crippen LogP contribution in [-0.4, -0.2) is 43.5 Å². The van der Waals surface area contributed by atoms with Crippen LogP contribution in [0, 0.1) is 5.92 Å². The quantitative estimate of drug-likeness (QED) is 0.826. The molecule has 0 N–H and O–H groups in total. The summed E-state index contributed by atoms with van der Waals surface area (Å²) in [6.07, 6.45) is 2.66. The summed E-state index contributed by atoms with van der Waals surface area (Å²) in [5, 5.41) is 0.478. The van der Waals surface area contributed by atoms with E-state index in [4.69, 9.17) is 16.0 Å². The maximum Gasteiger partial charge on any atom is 0.193 e. The lowest BCUT2D eigenvalue weighted by atomic mass is 9.98. The van der Waals surface area contributed by atoms with Crippen LogP contribution in [0.25, 0.3) is 0 Å². The van der Waals surface area contributed by atoms with Crippen molar-refractivity contribution in [2.24, 2.45) is 5.92 Å². The van der Waals surface area contributed by atoms with E-state index in [-0.39, 0.29) is 0 Å². The fourth-order valence-electron chi connectivity index (χ4n) is 2.63. The smallest absolute Gasteiger partial charge is 0.193 e. The molecule has 2 rings (SSSR count). The molecule has 1 aliphatic heterocycles. The fraction of sp³-hybridized carbons (Fsp3) is 0.692. The summed E-state index contributed by atoms with van der Waals surface area (Å²) in [7, 11) is 4.35. The molecule has 4 heteroatoms. The van der Waals surface area contributed by atoms with Crippen LogP contribution in [-0.2, 0) is 6.54 Å². The minimum atomic E-state index is 0.478. The number of furan rings is 1. The number of hydrogen-bond acceptors (Lipinski definition) is 3. The molecule has 2 heterocycles. The lowest BCUT2D eigenvalue weighted by Crippen LogP contribution is -2.37. The first-order chi connectivity index (χ1) is 8.13. The molecule has 0 aromatic carbocycles. The molecule has 0 radical (unpaired) electrons. The highest BCUT2D eigenvalue weighted by atomic mass is 35.5. The van der Waals surface area contributed by atoms with Gasteiger partial charge in [0.15, 0.2) is 5.22 Å². The molecule has 1 aromatic heterocycles. The van der Waals surface area contributed by atoms with Gasteiger partial charge in [-0.1, -0.05) is 0 Å². The van der Waals surface area contributed by atoms with Gasteiger partial charge in [0.05, 0.1) is 6.54 Å². The van der Waals surface area contributed by atoms with Crippen molar-refractivity contribution in [3.63, 3.8) is 0 Å². The molecule has 0 spiro atoms. The normalized spacial score (nSPS) is 22.2. The van der Waals surface area contributed by atoms with Crippen LogP contribution >= 0.6 is 11.6 Å². The Balaban J connectivity index is 1.78. The first-order valence-corrected chi connectivity index (χ1v) is 6.62. The van der Waals surface area contributed by atoms with E-state index in [0.29, 0.717) is 5.22 Å². The summed E-state index contributed by atoms with van der Waals surface area (Å²) >= 11 is 5.76. The third kappa shape index (κ3) is 4.02. The lowest BCUT2D eigenvalue weighted by Gasteiger charge is -2.32. The van der Waals surface area contributed by atoms with Gasteiger partial charge in [-0.3, -0.25) is 4.90 Å². The Hall–Kier alpha value is -0.510. The second-order valence-electron chi connectivity index (χ2n) is 5.17. The van der Waals surface area contributed by atoms with E-state index in [2.05, 4.69) is 23.9 Å². The number of nitrogens with zero attached hydrogens (tertiary/aromatic N) is 2. The van der Waals surface area contributed by atoms with Crippen molar-refractivity contribution in [1.29, 1.82) is 0 Å². The van der Waals surface area contributed by atoms with E-state index >= 15 is 0 Å². The van der Waals surface area contributed by atoms with Crippen LogP contribution in [0.15, 0.2) is 16.5 Å². The van der Waals surface area contributed by atoms with Gasteiger partial charge in [0.25, 0.3) is 0 Å². The predicted octanol–water partition coefficient (Wildman–Crippen LogP) is 2.71. The van der Waals surface area contributed by atoms with Crippen molar-refractivity contribution in [1.82, 2.24) is 9.80 Å². The highest BCUT2D eigenvalue weighted by Gasteiger charge is 2.18. The maximum absolute atomic E-state index is 5.76. The molecule has 3 nitrogen and oxygen atoms in total. The zero-order valence-electron chi connectivity index (χ0n) is 10.7. The van der Waals surface area contributed by atoms with E-state index in [1.807, 2.05) is 6.07 Å². The topological polar surface area (TPSA) is 19.6 Å². The van der Waals surface area contributed by atoms with Crippen LogP contribution in [0.3, 0.4) is 0 Å². The van der Waals surface area contributed by atoms with Crippen LogP contribution in [0.2, 0.25) is 5.22 Å². The van der Waals surface area contributed by atoms with Crippen LogP contribution in [0.4, 0.5) is 0 Å². The average Bonchev–Trinajstić information content (AvgIpc) is 2.63. The second kappa shape index (κ2) is 5.89. The molecule has 0 saturated carbocycles. The third-order valence-corrected chi connectivity index (χ3v) is 3.55. The summed E-state index contributed by atoms with van der Waals surface area (Å²) in [6, 6.07) is 3.75. The largest absolute Gasteiger partial charge is 0.448 e. The maximum atomic E-state index is 5.76. The highest BCUT2D eigenvalue weighted by Crippen LogP contribution is 2.18. The Morgan fingerprint density at radius 2 is 2.35 bits per heavy atom. The predicted molar refractivity (Wildman–Crippen MR) is 70.3 cm³/mol. The van der Waals surface area contributed by atoms with E-state index in [1.54, 1.807) is 6.07 Å². The highest BCUT2D eigenvalue weighted by molar-refractivity contribution is 6.28. The number of hydrogen-bond donors (Lipinski definition) is 0. The molecule has 0 aliphatic carbocycles. The molecular weight excluding hydrogens is 236 g/mol. The van der Waals surface area contributed by atoms with Crippen LogP contribution < -0.4 is 0 Å². The van der Waals surface area contributed by atoms with Crippen molar-refractivity contribution in [3.8, 4) is 0 Å². The summed E-state index contributed by atoms with van der Waals surface area (Å²) < 4.78 is 5.38. The van der Waals surface area contributed by atoms with E-state index in [0.717, 1.165) is 24.8 Å². The minimum absolute atomic E-state index is 0.478. The van der Waals surface area contributed by atoms with Crippen LogP contribution in [0.5, 0.6) is 0 Å². The van der Waals surface area contributed by atoms with Gasteiger partial charge >= 0.3 is 0 Å². The first kappa shape index (κ1) is 12.9. The zero-order valence-corrected chi connectivity index (χ0v) is 11.4. The molecule has 1 saturated heterocycles. The van der Waals surface area contributed by atoms with Gasteiger partial charge in [-0.25, -0.2) is 0 Å². The average molecular weight is 257 g/mol. The van der Waals surface area contributed by atoms with Gasteiger partial charge < -0.3 is 9.32 Å². The van der Waals surface area contributed by atoms with E-state index < -0.39 is 0 Å². The Morgan fingerprint density at radius 3 is 3.00 bits per heavy atom. The molecule has 1 fully saturated rings. The van der Waals surface area contributed by atoms with Crippen molar-refractivity contribution >= 4 is 11.6 Å². The monoisotopic (exact) mass is 256 g/mol. The number of piperidine rings is 1. The van der Waals surface area contributed by atoms with Gasteiger partial charge in [-0.2, -0.15) is 0 Å². The van der Waals surface area contributed by atoms with Crippen molar-refractivity contribution < 1.29 is 4.42 Å². The van der Waals surface area contributed by atoms with Gasteiger partial charge in [0.2, 0.25) is 0 Å². The molecule has 1 aromatic rings. The Morgan fingerprint density at radius 1 is 1.53 bits per heavy atom. The molecule has 1 aliphatic rings. The zero-order chi connectivity index (χ0) is 12.3. The molecule has 1 unspecified atom stereocenters. The van der Waals surface area contributed by atoms with Crippen molar-refractivity contribution in [2.75, 3.05) is 33.7 Å². The summed E-state index contributed by atoms with van der Waals surface area (Å²) in [4.78, 5) is 4.74. The van der Waals surface area contributed by atoms with Gasteiger partial charge in [-0.05, 0) is 63.1 Å². The third-order valence-electron chi connectivity index (χ3n) is 3.35. The summed E-state index contributed by atoms with van der Waals surface area (Å²) in [5.41, 5.74) is 0. The molecular formula is C13H21ClN2O. The molecule has 96 valence electrons. The standard InChI is InChI=1S/C13H21ClN2O/c1-15-7-3-4-11(8-15)9-16(2)10-12-5-6-13(14)17-12/h5-6,11H,3-4,7-10H2,1-2H3. The fourth-order valence-corrected chi connectivity index (χ4v) is 2.79. The Bertz CT molecular complexity index is 353. The van der Waals surface area contributed by atoms with Crippen LogP contribution in [0.1, 0.15) is 18.6 Å². The lowest BCUT2D eigenvalue weighted by molar-refractivity contribution is 0.159. The Labute approximate surface area is 108 Å². The second-order valence-corrected chi connectivity index (χ2v) is 5.55. The number of rotatable bonds is 4. The van der Waals surface area contributed by atoms with Gasteiger partial charge in [-0.15, -0.1) is 0 Å². The molecule has 1 atom stereocenters. The van der Waals surface area contributed by atoms with Gasteiger partial charge in [0, 0.05) is 13.1 Å². The van der Waals surface area contributed by atoms with E-state index in [1.165, 1.54) is 25.9 Å². The Kier molecular flexibility index (Phi) is 4.48. The van der Waals surface area contributed by atoms with E-state index in [9.17, 15) is 0 Å². The number of halogens is 1. The molecule has 17 heavy (non-hydrogen) atoms. The SMILES string of the molecule is CN1CCCC(CN(C)Cc2ccc(Cl)o2)C1. The molecule has 0 amide bonds.